The third kappa shape index (κ3) is 3.65. The first kappa shape index (κ1) is 19.7. The second kappa shape index (κ2) is 7.31. The average molecular weight is 418 g/mol. The van der Waals surface area contributed by atoms with Gasteiger partial charge in [0, 0.05) is 13.1 Å². The highest BCUT2D eigenvalue weighted by Gasteiger charge is 2.48. The Morgan fingerprint density at radius 3 is 2.64 bits per heavy atom. The molecule has 0 radical (unpaired) electrons. The molecule has 0 bridgehead atoms. The van der Waals surface area contributed by atoms with Crippen LogP contribution in [0, 0.1) is 10.1 Å². The van der Waals surface area contributed by atoms with Crippen LogP contribution in [0.25, 0.3) is 0 Å². The van der Waals surface area contributed by atoms with E-state index in [4.69, 9.17) is 12.2 Å². The van der Waals surface area contributed by atoms with Crippen molar-refractivity contribution in [1.29, 1.82) is 0 Å². The molecule has 2 N–H and O–H groups in total. The fourth-order valence-electron chi connectivity index (χ4n) is 4.31. The topological polar surface area (TPSA) is 73.9 Å². The highest BCUT2D eigenvalue weighted by molar-refractivity contribution is 7.84. The fraction of sp³-hybridized carbons (Fsp3) is 0.550. The number of aromatic nitrogens is 3. The molecule has 1 unspecified atom stereocenters. The summed E-state index contributed by atoms with van der Waals surface area (Å²) in [5, 5.41) is 7.11. The summed E-state index contributed by atoms with van der Waals surface area (Å²) >= 11 is 5.04. The lowest BCUT2D eigenvalue weighted by molar-refractivity contribution is 0.177. The van der Waals surface area contributed by atoms with Gasteiger partial charge in [0.05, 0.1) is 28.0 Å². The molecule has 6 nitrogen and oxygen atoms in total. The highest BCUT2D eigenvalue weighted by atomic mass is 32.2. The third-order valence-corrected chi connectivity index (χ3v) is 7.67. The summed E-state index contributed by atoms with van der Waals surface area (Å²) in [6, 6.07) is 8.69. The van der Waals surface area contributed by atoms with Crippen LogP contribution >= 0.6 is 12.2 Å². The van der Waals surface area contributed by atoms with E-state index in [1.54, 1.807) is 6.20 Å². The van der Waals surface area contributed by atoms with Gasteiger partial charge in [0.15, 0.2) is 0 Å². The molecule has 150 valence electrons. The zero-order valence-corrected chi connectivity index (χ0v) is 18.2. The van der Waals surface area contributed by atoms with Crippen LogP contribution in [-0.4, -0.2) is 37.2 Å². The summed E-state index contributed by atoms with van der Waals surface area (Å²) in [6.45, 7) is 7.80. The van der Waals surface area contributed by atoms with Crippen molar-refractivity contribution in [3.63, 3.8) is 0 Å². The number of H-pyrrole nitrogens is 1. The molecular weight excluding hydrogens is 390 g/mol. The van der Waals surface area contributed by atoms with Gasteiger partial charge in [-0.3, -0.25) is 5.10 Å². The van der Waals surface area contributed by atoms with Gasteiger partial charge >= 0.3 is 0 Å². The first-order valence-corrected chi connectivity index (χ1v) is 11.3. The molecule has 1 aromatic heterocycles. The Morgan fingerprint density at radius 2 is 2.00 bits per heavy atom. The third-order valence-electron chi connectivity index (χ3n) is 5.91. The monoisotopic (exact) mass is 417 g/mol. The van der Waals surface area contributed by atoms with E-state index in [1.165, 1.54) is 11.1 Å². The average Bonchev–Trinajstić information content (AvgIpc) is 2.95. The van der Waals surface area contributed by atoms with E-state index in [0.29, 0.717) is 10.6 Å². The number of nitrogens with one attached hydrogen (secondary N) is 2. The highest BCUT2D eigenvalue weighted by Crippen LogP contribution is 2.52. The van der Waals surface area contributed by atoms with Crippen molar-refractivity contribution in [2.75, 3.05) is 18.0 Å². The number of piperidine rings is 1. The first-order chi connectivity index (χ1) is 13.3. The number of hydrogen-bond donors (Lipinski definition) is 2. The van der Waals surface area contributed by atoms with E-state index >= 15 is 0 Å². The Bertz CT molecular complexity index is 924. The number of nitrogens with zero attached hydrogens (tertiary/aromatic N) is 3. The van der Waals surface area contributed by atoms with E-state index in [9.17, 15) is 4.21 Å². The second-order valence-corrected chi connectivity index (χ2v) is 11.2. The Kier molecular flexibility index (Phi) is 5.14. The maximum Gasteiger partial charge on any atom is 0.243 e. The van der Waals surface area contributed by atoms with Crippen LogP contribution < -0.4 is 9.62 Å². The molecule has 1 spiro atoms. The predicted octanol–water partition coefficient (Wildman–Crippen LogP) is 3.47. The van der Waals surface area contributed by atoms with Gasteiger partial charge in [-0.2, -0.15) is 0 Å². The van der Waals surface area contributed by atoms with E-state index < -0.39 is 11.0 Å². The Labute approximate surface area is 173 Å². The van der Waals surface area contributed by atoms with Gasteiger partial charge in [-0.1, -0.05) is 36.5 Å². The first-order valence-electron chi connectivity index (χ1n) is 9.71. The van der Waals surface area contributed by atoms with Crippen LogP contribution in [-0.2, 0) is 17.4 Å². The normalized spacial score (nSPS) is 22.2. The number of aromatic amines is 1. The van der Waals surface area contributed by atoms with Crippen LogP contribution in [0.4, 0.5) is 5.95 Å². The lowest BCUT2D eigenvalue weighted by Crippen LogP contribution is -2.48. The zero-order chi connectivity index (χ0) is 19.9. The van der Waals surface area contributed by atoms with E-state index in [2.05, 4.69) is 49.1 Å². The van der Waals surface area contributed by atoms with Gasteiger partial charge in [0.1, 0.15) is 4.64 Å². The molecule has 28 heavy (non-hydrogen) atoms. The van der Waals surface area contributed by atoms with Crippen molar-refractivity contribution >= 4 is 29.2 Å². The quantitative estimate of drug-likeness (QED) is 0.748. The lowest BCUT2D eigenvalue weighted by Gasteiger charge is -2.43. The molecule has 1 aromatic carbocycles. The second-order valence-electron chi connectivity index (χ2n) is 8.80. The summed E-state index contributed by atoms with van der Waals surface area (Å²) in [4.78, 5) is 6.58. The van der Waals surface area contributed by atoms with Gasteiger partial charge in [-0.25, -0.2) is 13.9 Å². The van der Waals surface area contributed by atoms with E-state index in [0.717, 1.165) is 32.4 Å². The summed E-state index contributed by atoms with van der Waals surface area (Å²) in [6.07, 6.45) is 4.66. The minimum Gasteiger partial charge on any atom is -0.340 e. The van der Waals surface area contributed by atoms with Crippen molar-refractivity contribution in [3.8, 4) is 0 Å². The Balaban J connectivity index is 1.58. The van der Waals surface area contributed by atoms with Gasteiger partial charge in [0.25, 0.3) is 0 Å². The molecule has 2 heterocycles. The van der Waals surface area contributed by atoms with Crippen LogP contribution in [0.5, 0.6) is 0 Å². The Hall–Kier alpha value is -1.64. The smallest absolute Gasteiger partial charge is 0.243 e. The number of hydrogen-bond acceptors (Lipinski definition) is 5. The Morgan fingerprint density at radius 1 is 1.29 bits per heavy atom. The minimum atomic E-state index is -1.11. The zero-order valence-electron chi connectivity index (χ0n) is 16.6. The van der Waals surface area contributed by atoms with Crippen molar-refractivity contribution < 1.29 is 4.21 Å². The SMILES string of the molecule is CC(C)(C)S(=O)N[C@@H]1c2ccccc2CC12CCN(c1ncc(=S)[nH]n1)CC2. The summed E-state index contributed by atoms with van der Waals surface area (Å²) in [7, 11) is -1.11. The van der Waals surface area contributed by atoms with Gasteiger partial charge < -0.3 is 4.90 Å². The standard InChI is InChI=1S/C20H27N5OS2/c1-19(2,3)28(26)24-17-15-7-5-4-6-14(15)12-20(17)8-10-25(11-9-20)18-21-13-16(27)22-23-18/h4-7,13,17,24H,8-12H2,1-3H3,(H,22,27)/t17-,28?/m1/s1. The predicted molar refractivity (Wildman–Crippen MR) is 115 cm³/mol. The molecule has 0 amide bonds. The molecule has 1 aliphatic heterocycles. The minimum absolute atomic E-state index is 0.0722. The van der Waals surface area contributed by atoms with E-state index in [-0.39, 0.29) is 16.2 Å². The molecule has 4 rings (SSSR count). The van der Waals surface area contributed by atoms with Gasteiger partial charge in [-0.15, -0.1) is 5.10 Å². The molecule has 1 aliphatic carbocycles. The molecule has 0 saturated carbocycles. The maximum absolute atomic E-state index is 12.9. The van der Waals surface area contributed by atoms with Crippen LogP contribution in [0.15, 0.2) is 30.5 Å². The van der Waals surface area contributed by atoms with Crippen LogP contribution in [0.3, 0.4) is 0 Å². The van der Waals surface area contributed by atoms with Crippen molar-refractivity contribution in [3.05, 3.63) is 46.2 Å². The van der Waals surface area contributed by atoms with Crippen molar-refractivity contribution in [1.82, 2.24) is 19.9 Å². The molecule has 8 heteroatoms. The van der Waals surface area contributed by atoms with Crippen LogP contribution in [0.1, 0.15) is 50.8 Å². The lowest BCUT2D eigenvalue weighted by atomic mass is 9.73. The van der Waals surface area contributed by atoms with Crippen LogP contribution in [0.2, 0.25) is 0 Å². The number of rotatable bonds is 3. The molecule has 2 atom stereocenters. The summed E-state index contributed by atoms with van der Waals surface area (Å²) in [5.74, 6) is 0.696. The number of anilines is 1. The largest absolute Gasteiger partial charge is 0.340 e. The number of fused-ring (bicyclic) bond motifs is 1. The van der Waals surface area contributed by atoms with Gasteiger partial charge in [0.2, 0.25) is 5.95 Å². The number of benzene rings is 1. The fourth-order valence-corrected chi connectivity index (χ4v) is 5.35. The molecule has 1 saturated heterocycles. The molecule has 2 aromatic rings. The maximum atomic E-state index is 12.9. The molecule has 2 aliphatic rings. The molecular formula is C20H27N5OS2. The van der Waals surface area contributed by atoms with Gasteiger partial charge in [-0.05, 0) is 56.6 Å². The van der Waals surface area contributed by atoms with E-state index in [1.807, 2.05) is 20.8 Å². The molecule has 1 fully saturated rings. The van der Waals surface area contributed by atoms with Crippen molar-refractivity contribution in [2.24, 2.45) is 5.41 Å². The summed E-state index contributed by atoms with van der Waals surface area (Å²) in [5.41, 5.74) is 2.75. The summed E-state index contributed by atoms with van der Waals surface area (Å²) < 4.78 is 16.7. The van der Waals surface area contributed by atoms with Crippen molar-refractivity contribution in [2.45, 2.75) is 50.8 Å².